The van der Waals surface area contributed by atoms with Gasteiger partial charge in [-0.25, -0.2) is 0 Å². The zero-order valence-electron chi connectivity index (χ0n) is 14.8. The summed E-state index contributed by atoms with van der Waals surface area (Å²) < 4.78 is 10.8. The van der Waals surface area contributed by atoms with Crippen molar-refractivity contribution in [2.75, 3.05) is 20.3 Å². The first-order valence-corrected chi connectivity index (χ1v) is 8.62. The lowest BCUT2D eigenvalue weighted by Gasteiger charge is -2.08. The molecule has 5 heteroatoms. The van der Waals surface area contributed by atoms with Crippen LogP contribution >= 0.6 is 0 Å². The molecule has 5 nitrogen and oxygen atoms in total. The summed E-state index contributed by atoms with van der Waals surface area (Å²) in [6.45, 7) is 1.05. The van der Waals surface area contributed by atoms with Gasteiger partial charge in [0.25, 0.3) is 0 Å². The number of methoxy groups -OCH3 is 1. The van der Waals surface area contributed by atoms with E-state index in [1.807, 2.05) is 54.7 Å². The van der Waals surface area contributed by atoms with Crippen LogP contribution < -0.4 is 10.1 Å². The van der Waals surface area contributed by atoms with Gasteiger partial charge in [-0.05, 0) is 48.4 Å². The number of para-hydroxylation sites is 1. The Bertz CT molecular complexity index is 866. The maximum Gasteiger partial charge on any atom is 0.220 e. The molecule has 0 aliphatic rings. The first kappa shape index (κ1) is 17.9. The van der Waals surface area contributed by atoms with Crippen molar-refractivity contribution in [1.82, 2.24) is 10.3 Å². The lowest BCUT2D eigenvalue weighted by atomic mass is 10.1. The standard InChI is InChI=1S/C21H22N2O3/c1-25-12-11-22-21(24)10-7-16-13-17-14-19(8-9-20(17)23-15-16)26-18-5-3-2-4-6-18/h2-6,8-9,13-15H,7,10-12H2,1H3,(H,22,24). The van der Waals surface area contributed by atoms with Gasteiger partial charge < -0.3 is 14.8 Å². The van der Waals surface area contributed by atoms with Gasteiger partial charge in [0.1, 0.15) is 11.5 Å². The van der Waals surface area contributed by atoms with E-state index in [0.717, 1.165) is 28.0 Å². The second-order valence-corrected chi connectivity index (χ2v) is 5.96. The zero-order valence-corrected chi connectivity index (χ0v) is 14.8. The fourth-order valence-electron chi connectivity index (χ4n) is 2.62. The topological polar surface area (TPSA) is 60.5 Å². The third kappa shape index (κ3) is 5.04. The van der Waals surface area contributed by atoms with E-state index in [4.69, 9.17) is 9.47 Å². The summed E-state index contributed by atoms with van der Waals surface area (Å²) in [5, 5.41) is 3.82. The molecule has 0 aliphatic heterocycles. The number of aryl methyl sites for hydroxylation is 1. The van der Waals surface area contributed by atoms with Crippen molar-refractivity contribution in [1.29, 1.82) is 0 Å². The predicted octanol–water partition coefficient (Wildman–Crippen LogP) is 3.72. The maximum atomic E-state index is 11.8. The number of ether oxygens (including phenoxy) is 2. The van der Waals surface area contributed by atoms with E-state index in [0.29, 0.717) is 26.0 Å². The number of hydrogen-bond donors (Lipinski definition) is 1. The lowest BCUT2D eigenvalue weighted by Crippen LogP contribution is -2.27. The van der Waals surface area contributed by atoms with Gasteiger partial charge in [0.2, 0.25) is 5.91 Å². The number of rotatable bonds is 8. The number of pyridine rings is 1. The van der Waals surface area contributed by atoms with Crippen molar-refractivity contribution in [3.05, 3.63) is 66.4 Å². The molecule has 26 heavy (non-hydrogen) atoms. The van der Waals surface area contributed by atoms with Crippen LogP contribution in [0.2, 0.25) is 0 Å². The van der Waals surface area contributed by atoms with Crippen LogP contribution in [0.25, 0.3) is 10.9 Å². The van der Waals surface area contributed by atoms with Crippen LogP contribution in [-0.2, 0) is 16.0 Å². The molecule has 0 bridgehead atoms. The monoisotopic (exact) mass is 350 g/mol. The van der Waals surface area contributed by atoms with Gasteiger partial charge in [0.05, 0.1) is 12.1 Å². The van der Waals surface area contributed by atoms with E-state index in [9.17, 15) is 4.79 Å². The quantitative estimate of drug-likeness (QED) is 0.629. The number of aromatic nitrogens is 1. The first-order valence-electron chi connectivity index (χ1n) is 8.62. The Morgan fingerprint density at radius 1 is 1.08 bits per heavy atom. The van der Waals surface area contributed by atoms with E-state index >= 15 is 0 Å². The second kappa shape index (κ2) is 8.97. The average molecular weight is 350 g/mol. The molecule has 3 aromatic rings. The van der Waals surface area contributed by atoms with Gasteiger partial charge in [-0.3, -0.25) is 9.78 Å². The van der Waals surface area contributed by atoms with E-state index in [-0.39, 0.29) is 5.91 Å². The van der Waals surface area contributed by atoms with Crippen LogP contribution in [0, 0.1) is 0 Å². The van der Waals surface area contributed by atoms with Crippen molar-refractivity contribution in [3.63, 3.8) is 0 Å². The third-order valence-electron chi connectivity index (χ3n) is 3.96. The van der Waals surface area contributed by atoms with Gasteiger partial charge >= 0.3 is 0 Å². The van der Waals surface area contributed by atoms with E-state index < -0.39 is 0 Å². The number of hydrogen-bond acceptors (Lipinski definition) is 4. The van der Waals surface area contributed by atoms with Gasteiger partial charge in [-0.2, -0.15) is 0 Å². The Kier molecular flexibility index (Phi) is 6.17. The predicted molar refractivity (Wildman–Crippen MR) is 101 cm³/mol. The highest BCUT2D eigenvalue weighted by molar-refractivity contribution is 5.81. The number of carbonyl (C=O) groups is 1. The fraction of sp³-hybridized carbons (Fsp3) is 0.238. The molecule has 0 radical (unpaired) electrons. The molecular formula is C21H22N2O3. The summed E-state index contributed by atoms with van der Waals surface area (Å²) in [6.07, 6.45) is 2.89. The zero-order chi connectivity index (χ0) is 18.2. The van der Waals surface area contributed by atoms with E-state index in [2.05, 4.69) is 16.4 Å². The molecule has 0 fully saturated rings. The fourth-order valence-corrected chi connectivity index (χ4v) is 2.62. The van der Waals surface area contributed by atoms with Crippen LogP contribution in [0.3, 0.4) is 0 Å². The maximum absolute atomic E-state index is 11.8. The summed E-state index contributed by atoms with van der Waals surface area (Å²) in [5.74, 6) is 1.58. The molecule has 0 aliphatic carbocycles. The Balaban J connectivity index is 1.66. The average Bonchev–Trinajstić information content (AvgIpc) is 2.67. The minimum atomic E-state index is 0.0170. The van der Waals surface area contributed by atoms with Crippen LogP contribution in [0.5, 0.6) is 11.5 Å². The van der Waals surface area contributed by atoms with E-state index in [1.54, 1.807) is 7.11 Å². The molecule has 0 spiro atoms. The first-order chi connectivity index (χ1) is 12.7. The molecule has 1 amide bonds. The van der Waals surface area contributed by atoms with Crippen molar-refractivity contribution in [2.45, 2.75) is 12.8 Å². The minimum Gasteiger partial charge on any atom is -0.457 e. The Morgan fingerprint density at radius 2 is 1.92 bits per heavy atom. The number of nitrogens with one attached hydrogen (secondary N) is 1. The smallest absolute Gasteiger partial charge is 0.220 e. The van der Waals surface area contributed by atoms with E-state index in [1.165, 1.54) is 0 Å². The van der Waals surface area contributed by atoms with Gasteiger partial charge in [-0.1, -0.05) is 18.2 Å². The summed E-state index contributed by atoms with van der Waals surface area (Å²) in [7, 11) is 1.61. The Hall–Kier alpha value is -2.92. The highest BCUT2D eigenvalue weighted by atomic mass is 16.5. The third-order valence-corrected chi connectivity index (χ3v) is 3.96. The summed E-state index contributed by atoms with van der Waals surface area (Å²) in [4.78, 5) is 16.3. The molecule has 0 saturated heterocycles. The molecule has 0 saturated carbocycles. The second-order valence-electron chi connectivity index (χ2n) is 5.96. The Labute approximate surface area is 153 Å². The molecule has 2 aromatic carbocycles. The van der Waals surface area contributed by atoms with Crippen molar-refractivity contribution < 1.29 is 14.3 Å². The van der Waals surface area contributed by atoms with Gasteiger partial charge in [0.15, 0.2) is 0 Å². The van der Waals surface area contributed by atoms with Crippen LogP contribution in [0.1, 0.15) is 12.0 Å². The normalized spacial score (nSPS) is 10.7. The number of fused-ring (bicyclic) bond motifs is 1. The molecule has 0 atom stereocenters. The number of nitrogens with zero attached hydrogens (tertiary/aromatic N) is 1. The lowest BCUT2D eigenvalue weighted by molar-refractivity contribution is -0.121. The summed E-state index contributed by atoms with van der Waals surface area (Å²) in [6, 6.07) is 17.5. The van der Waals surface area contributed by atoms with Crippen LogP contribution in [-0.4, -0.2) is 31.2 Å². The number of carbonyl (C=O) groups excluding carboxylic acids is 1. The number of amides is 1. The van der Waals surface area contributed by atoms with Crippen molar-refractivity contribution >= 4 is 16.8 Å². The minimum absolute atomic E-state index is 0.0170. The van der Waals surface area contributed by atoms with Gasteiger partial charge in [-0.15, -0.1) is 0 Å². The van der Waals surface area contributed by atoms with Gasteiger partial charge in [0, 0.05) is 31.7 Å². The number of benzene rings is 2. The van der Waals surface area contributed by atoms with Crippen molar-refractivity contribution in [3.8, 4) is 11.5 Å². The molecule has 1 aromatic heterocycles. The highest BCUT2D eigenvalue weighted by Gasteiger charge is 2.05. The largest absolute Gasteiger partial charge is 0.457 e. The highest BCUT2D eigenvalue weighted by Crippen LogP contribution is 2.25. The molecular weight excluding hydrogens is 328 g/mol. The molecule has 3 rings (SSSR count). The van der Waals surface area contributed by atoms with Crippen molar-refractivity contribution in [2.24, 2.45) is 0 Å². The SMILES string of the molecule is COCCNC(=O)CCc1cnc2ccc(Oc3ccccc3)cc2c1. The van der Waals surface area contributed by atoms with Crippen LogP contribution in [0.15, 0.2) is 60.8 Å². The summed E-state index contributed by atoms with van der Waals surface area (Å²) >= 11 is 0. The molecule has 1 heterocycles. The van der Waals surface area contributed by atoms with Crippen LogP contribution in [0.4, 0.5) is 0 Å². The Morgan fingerprint density at radius 3 is 2.73 bits per heavy atom. The summed E-state index contributed by atoms with van der Waals surface area (Å²) in [5.41, 5.74) is 1.93. The molecule has 134 valence electrons. The molecule has 1 N–H and O–H groups in total. The molecule has 0 unspecified atom stereocenters.